The van der Waals surface area contributed by atoms with Crippen molar-refractivity contribution in [3.8, 4) is 0 Å². The van der Waals surface area contributed by atoms with Gasteiger partial charge in [-0.15, -0.1) is 0 Å². The second kappa shape index (κ2) is 5.53. The minimum atomic E-state index is -0.337. The zero-order chi connectivity index (χ0) is 11.4. The first-order chi connectivity index (χ1) is 7.77. The minimum Gasteiger partial charge on any atom is -0.391 e. The Labute approximate surface area is 97.0 Å². The predicted molar refractivity (Wildman–Crippen MR) is 62.2 cm³/mol. The van der Waals surface area contributed by atoms with Crippen LogP contribution in [0.25, 0.3) is 0 Å². The van der Waals surface area contributed by atoms with E-state index in [0.29, 0.717) is 12.5 Å². The summed E-state index contributed by atoms with van der Waals surface area (Å²) >= 11 is 0. The zero-order valence-electron chi connectivity index (χ0n) is 9.82. The van der Waals surface area contributed by atoms with Gasteiger partial charge in [0.2, 0.25) is 0 Å². The molecular weight excluding hydrogens is 204 g/mol. The van der Waals surface area contributed by atoms with Crippen molar-refractivity contribution < 1.29 is 9.90 Å². The van der Waals surface area contributed by atoms with Crippen molar-refractivity contribution in [3.05, 3.63) is 0 Å². The van der Waals surface area contributed by atoms with E-state index in [0.717, 1.165) is 38.8 Å². The van der Waals surface area contributed by atoms with E-state index in [4.69, 9.17) is 0 Å². The number of urea groups is 1. The number of nitrogens with zero attached hydrogens (tertiary/aromatic N) is 1. The molecule has 1 atom stereocenters. The van der Waals surface area contributed by atoms with Gasteiger partial charge in [0.15, 0.2) is 0 Å². The summed E-state index contributed by atoms with van der Waals surface area (Å²) in [5, 5.41) is 12.5. The molecule has 16 heavy (non-hydrogen) atoms. The average Bonchev–Trinajstić information content (AvgIpc) is 3.09. The maximum atomic E-state index is 11.8. The Morgan fingerprint density at radius 3 is 2.44 bits per heavy atom. The summed E-state index contributed by atoms with van der Waals surface area (Å²) in [7, 11) is 0. The molecule has 1 unspecified atom stereocenters. The van der Waals surface area contributed by atoms with Crippen molar-refractivity contribution in [2.45, 2.75) is 44.6 Å². The number of carbonyl (C=O) groups is 1. The van der Waals surface area contributed by atoms with Crippen LogP contribution in [0.5, 0.6) is 0 Å². The van der Waals surface area contributed by atoms with Crippen LogP contribution < -0.4 is 5.32 Å². The molecule has 0 bridgehead atoms. The molecule has 2 rings (SSSR count). The summed E-state index contributed by atoms with van der Waals surface area (Å²) in [6.07, 6.45) is 6.57. The van der Waals surface area contributed by atoms with Crippen LogP contribution in [0.15, 0.2) is 0 Å². The number of hydrogen-bond acceptors (Lipinski definition) is 2. The summed E-state index contributed by atoms with van der Waals surface area (Å²) in [5.74, 6) is 0.435. The number of likely N-dealkylation sites (tertiary alicyclic amines) is 1. The molecule has 0 aromatic carbocycles. The maximum Gasteiger partial charge on any atom is 0.317 e. The van der Waals surface area contributed by atoms with E-state index >= 15 is 0 Å². The van der Waals surface area contributed by atoms with E-state index in [1.165, 1.54) is 12.8 Å². The van der Waals surface area contributed by atoms with E-state index in [2.05, 4.69) is 5.32 Å². The van der Waals surface area contributed by atoms with Crippen LogP contribution in [0.3, 0.4) is 0 Å². The molecule has 0 spiro atoms. The molecule has 2 fully saturated rings. The largest absolute Gasteiger partial charge is 0.391 e. The van der Waals surface area contributed by atoms with Crippen molar-refractivity contribution in [2.24, 2.45) is 5.92 Å². The monoisotopic (exact) mass is 226 g/mol. The molecule has 1 aliphatic heterocycles. The zero-order valence-corrected chi connectivity index (χ0v) is 9.82. The van der Waals surface area contributed by atoms with E-state index in [9.17, 15) is 9.90 Å². The van der Waals surface area contributed by atoms with Gasteiger partial charge in [-0.3, -0.25) is 0 Å². The highest BCUT2D eigenvalue weighted by Gasteiger charge is 2.30. The number of nitrogens with one attached hydrogen (secondary N) is 1. The molecule has 0 radical (unpaired) electrons. The Balaban J connectivity index is 1.68. The normalized spacial score (nSPS) is 23.7. The predicted octanol–water partition coefficient (Wildman–Crippen LogP) is 1.34. The fourth-order valence-electron chi connectivity index (χ4n) is 2.23. The van der Waals surface area contributed by atoms with E-state index < -0.39 is 0 Å². The lowest BCUT2D eigenvalue weighted by Gasteiger charge is -2.21. The molecule has 2 N–H and O–H groups in total. The first-order valence-electron chi connectivity index (χ1n) is 6.48. The van der Waals surface area contributed by atoms with Gasteiger partial charge in [0.05, 0.1) is 6.10 Å². The molecule has 2 amide bonds. The van der Waals surface area contributed by atoms with Gasteiger partial charge in [0.25, 0.3) is 0 Å². The Hall–Kier alpha value is -0.770. The Morgan fingerprint density at radius 2 is 1.88 bits per heavy atom. The second-order valence-corrected chi connectivity index (χ2v) is 4.99. The molecule has 1 saturated heterocycles. The van der Waals surface area contributed by atoms with Crippen LogP contribution in [-0.2, 0) is 0 Å². The van der Waals surface area contributed by atoms with E-state index in [-0.39, 0.29) is 12.1 Å². The average molecular weight is 226 g/mol. The number of aliphatic hydroxyl groups is 1. The SMILES string of the molecule is O=C(NCC(O)C1CC1)N1CCCCCC1. The molecule has 92 valence electrons. The lowest BCUT2D eigenvalue weighted by molar-refractivity contribution is 0.143. The summed E-state index contributed by atoms with van der Waals surface area (Å²) < 4.78 is 0. The summed E-state index contributed by atoms with van der Waals surface area (Å²) in [4.78, 5) is 13.7. The fraction of sp³-hybridized carbons (Fsp3) is 0.917. The molecule has 4 heteroatoms. The molecule has 2 aliphatic rings. The molecular formula is C12H22N2O2. The highest BCUT2D eigenvalue weighted by molar-refractivity contribution is 5.74. The Bertz CT molecular complexity index is 233. The number of aliphatic hydroxyl groups excluding tert-OH is 1. The van der Waals surface area contributed by atoms with Crippen LogP contribution in [0, 0.1) is 5.92 Å². The summed E-state index contributed by atoms with van der Waals surface area (Å²) in [6.45, 7) is 2.15. The third-order valence-electron chi connectivity index (χ3n) is 3.52. The van der Waals surface area contributed by atoms with Crippen molar-refractivity contribution >= 4 is 6.03 Å². The van der Waals surface area contributed by atoms with Crippen LogP contribution in [0.2, 0.25) is 0 Å². The highest BCUT2D eigenvalue weighted by atomic mass is 16.3. The molecule has 1 saturated carbocycles. The van der Waals surface area contributed by atoms with Gasteiger partial charge in [0, 0.05) is 19.6 Å². The third kappa shape index (κ3) is 3.37. The first-order valence-corrected chi connectivity index (χ1v) is 6.48. The Kier molecular flexibility index (Phi) is 4.04. The van der Waals surface area contributed by atoms with Crippen LogP contribution >= 0.6 is 0 Å². The van der Waals surface area contributed by atoms with Gasteiger partial charge in [0.1, 0.15) is 0 Å². The smallest absolute Gasteiger partial charge is 0.317 e. The van der Waals surface area contributed by atoms with Crippen LogP contribution in [0.1, 0.15) is 38.5 Å². The number of amides is 2. The number of hydrogen-bond donors (Lipinski definition) is 2. The standard InChI is InChI=1S/C12H22N2O2/c15-11(10-5-6-10)9-13-12(16)14-7-3-1-2-4-8-14/h10-11,15H,1-9H2,(H,13,16). The van der Waals surface area contributed by atoms with Gasteiger partial charge < -0.3 is 15.3 Å². The quantitative estimate of drug-likeness (QED) is 0.763. The topological polar surface area (TPSA) is 52.6 Å². The van der Waals surface area contributed by atoms with Crippen LogP contribution in [-0.4, -0.2) is 41.8 Å². The molecule has 4 nitrogen and oxygen atoms in total. The molecule has 1 heterocycles. The summed E-state index contributed by atoms with van der Waals surface area (Å²) in [5.41, 5.74) is 0. The molecule has 0 aromatic heterocycles. The first kappa shape index (κ1) is 11.7. The van der Waals surface area contributed by atoms with Crippen LogP contribution in [0.4, 0.5) is 4.79 Å². The van der Waals surface area contributed by atoms with E-state index in [1.807, 2.05) is 4.90 Å². The van der Waals surface area contributed by atoms with Crippen molar-refractivity contribution in [2.75, 3.05) is 19.6 Å². The number of carbonyl (C=O) groups excluding carboxylic acids is 1. The number of rotatable bonds is 3. The molecule has 1 aliphatic carbocycles. The van der Waals surface area contributed by atoms with Gasteiger partial charge in [-0.1, -0.05) is 12.8 Å². The highest BCUT2D eigenvalue weighted by Crippen LogP contribution is 2.32. The minimum absolute atomic E-state index is 0.00148. The fourth-order valence-corrected chi connectivity index (χ4v) is 2.23. The van der Waals surface area contributed by atoms with Crippen molar-refractivity contribution in [1.29, 1.82) is 0 Å². The Morgan fingerprint density at radius 1 is 1.25 bits per heavy atom. The maximum absolute atomic E-state index is 11.8. The van der Waals surface area contributed by atoms with Crippen molar-refractivity contribution in [1.82, 2.24) is 10.2 Å². The van der Waals surface area contributed by atoms with Gasteiger partial charge in [-0.25, -0.2) is 4.79 Å². The molecule has 0 aromatic rings. The van der Waals surface area contributed by atoms with Gasteiger partial charge >= 0.3 is 6.03 Å². The lowest BCUT2D eigenvalue weighted by atomic mass is 10.2. The van der Waals surface area contributed by atoms with Gasteiger partial charge in [-0.2, -0.15) is 0 Å². The summed E-state index contributed by atoms with van der Waals surface area (Å²) in [6, 6.07) is 0.00148. The third-order valence-corrected chi connectivity index (χ3v) is 3.52. The van der Waals surface area contributed by atoms with Gasteiger partial charge in [-0.05, 0) is 31.6 Å². The van der Waals surface area contributed by atoms with Crippen molar-refractivity contribution in [3.63, 3.8) is 0 Å². The second-order valence-electron chi connectivity index (χ2n) is 4.99. The van der Waals surface area contributed by atoms with E-state index in [1.54, 1.807) is 0 Å². The lowest BCUT2D eigenvalue weighted by Crippen LogP contribution is -2.43.